The van der Waals surface area contributed by atoms with E-state index < -0.39 is 0 Å². The van der Waals surface area contributed by atoms with Gasteiger partial charge in [0.1, 0.15) is 0 Å². The van der Waals surface area contributed by atoms with Crippen molar-refractivity contribution in [2.45, 2.75) is 0 Å². The van der Waals surface area contributed by atoms with Crippen LogP contribution >= 0.6 is 0 Å². The minimum absolute atomic E-state index is 1.16. The van der Waals surface area contributed by atoms with Crippen molar-refractivity contribution in [1.82, 2.24) is 0 Å². The monoisotopic (exact) mass is 243 g/mol. The molecule has 3 aromatic rings. The minimum Gasteiger partial charge on any atom is -0.361 e. The molecule has 0 radical (unpaired) electrons. The fourth-order valence-corrected chi connectivity index (χ4v) is 2.76. The molecule has 1 N–H and O–H groups in total. The second kappa shape index (κ2) is 3.99. The van der Waals surface area contributed by atoms with Crippen LogP contribution in [0.5, 0.6) is 0 Å². The average molecular weight is 243 g/mol. The molecule has 1 aliphatic rings. The van der Waals surface area contributed by atoms with Crippen molar-refractivity contribution in [3.05, 3.63) is 72.4 Å². The Hall–Kier alpha value is -2.54. The Bertz CT molecular complexity index is 841. The van der Waals surface area contributed by atoms with Gasteiger partial charge >= 0.3 is 0 Å². The van der Waals surface area contributed by atoms with Crippen molar-refractivity contribution in [3.8, 4) is 0 Å². The first kappa shape index (κ1) is 10.4. The molecule has 0 saturated heterocycles. The predicted molar refractivity (Wildman–Crippen MR) is 83.3 cm³/mol. The summed E-state index contributed by atoms with van der Waals surface area (Å²) in [7, 11) is 0. The topological polar surface area (TPSA) is 12.0 Å². The molecular weight excluding hydrogens is 230 g/mol. The van der Waals surface area contributed by atoms with Gasteiger partial charge in [-0.2, -0.15) is 0 Å². The molecule has 0 fully saturated rings. The van der Waals surface area contributed by atoms with Gasteiger partial charge in [-0.15, -0.1) is 0 Å². The highest BCUT2D eigenvalue weighted by atomic mass is 14.8. The highest BCUT2D eigenvalue weighted by Crippen LogP contribution is 2.33. The molecule has 1 heterocycles. The van der Waals surface area contributed by atoms with E-state index in [1.165, 1.54) is 27.1 Å². The van der Waals surface area contributed by atoms with Gasteiger partial charge in [0.2, 0.25) is 0 Å². The quantitative estimate of drug-likeness (QED) is 0.551. The van der Waals surface area contributed by atoms with Crippen molar-refractivity contribution in [3.63, 3.8) is 0 Å². The van der Waals surface area contributed by atoms with E-state index in [-0.39, 0.29) is 0 Å². The zero-order chi connectivity index (χ0) is 12.7. The Morgan fingerprint density at radius 2 is 1.58 bits per heavy atom. The van der Waals surface area contributed by atoms with E-state index in [4.69, 9.17) is 0 Å². The maximum absolute atomic E-state index is 3.32. The van der Waals surface area contributed by atoms with Crippen molar-refractivity contribution in [2.24, 2.45) is 0 Å². The van der Waals surface area contributed by atoms with Gasteiger partial charge in [-0.1, -0.05) is 54.6 Å². The number of allylic oxidation sites excluding steroid dienone is 2. The third-order valence-corrected chi connectivity index (χ3v) is 3.68. The van der Waals surface area contributed by atoms with Crippen LogP contribution < -0.4 is 5.32 Å². The maximum Gasteiger partial charge on any atom is 0.0459 e. The molecule has 1 aliphatic heterocycles. The van der Waals surface area contributed by atoms with Crippen LogP contribution in [0.3, 0.4) is 0 Å². The Labute approximate surface area is 111 Å². The predicted octanol–water partition coefficient (Wildman–Crippen LogP) is 4.95. The molecule has 1 nitrogen and oxygen atoms in total. The minimum atomic E-state index is 1.16. The summed E-state index contributed by atoms with van der Waals surface area (Å²) >= 11 is 0. The molecule has 0 atom stereocenters. The third kappa shape index (κ3) is 1.55. The van der Waals surface area contributed by atoms with Gasteiger partial charge in [-0.3, -0.25) is 0 Å². The van der Waals surface area contributed by atoms with Crippen molar-refractivity contribution in [1.29, 1.82) is 0 Å². The van der Waals surface area contributed by atoms with Crippen LogP contribution in [0.2, 0.25) is 0 Å². The summed E-state index contributed by atoms with van der Waals surface area (Å²) < 4.78 is 0. The van der Waals surface area contributed by atoms with E-state index in [0.717, 1.165) is 5.69 Å². The van der Waals surface area contributed by atoms with Crippen LogP contribution in [0.4, 0.5) is 5.69 Å². The Balaban J connectivity index is 2.16. The van der Waals surface area contributed by atoms with Crippen LogP contribution in [0, 0.1) is 0 Å². The van der Waals surface area contributed by atoms with Crippen LogP contribution in [0.1, 0.15) is 5.56 Å². The zero-order valence-corrected chi connectivity index (χ0v) is 10.4. The van der Waals surface area contributed by atoms with Gasteiger partial charge < -0.3 is 5.32 Å². The number of fused-ring (bicyclic) bond motifs is 5. The van der Waals surface area contributed by atoms with E-state index in [1.807, 2.05) is 12.3 Å². The number of nitrogens with one attached hydrogen (secondary N) is 1. The normalized spacial score (nSPS) is 13.3. The lowest BCUT2D eigenvalue weighted by Crippen LogP contribution is -1.90. The summed E-state index contributed by atoms with van der Waals surface area (Å²) in [4.78, 5) is 0. The molecule has 0 saturated carbocycles. The van der Waals surface area contributed by atoms with Gasteiger partial charge in [0, 0.05) is 17.5 Å². The highest BCUT2D eigenvalue weighted by molar-refractivity contribution is 6.11. The lowest BCUT2D eigenvalue weighted by atomic mass is 9.97. The molecule has 0 aromatic heterocycles. The molecular formula is C18H13N. The SMILES string of the molecule is C1=CNc2ccc3c(ccc4ccccc43)c2C=C1. The van der Waals surface area contributed by atoms with Crippen molar-refractivity contribution >= 4 is 33.3 Å². The first-order valence-electron chi connectivity index (χ1n) is 6.48. The fourth-order valence-electron chi connectivity index (χ4n) is 2.76. The third-order valence-electron chi connectivity index (χ3n) is 3.68. The highest BCUT2D eigenvalue weighted by Gasteiger charge is 2.07. The van der Waals surface area contributed by atoms with E-state index in [2.05, 4.69) is 66.0 Å². The lowest BCUT2D eigenvalue weighted by molar-refractivity contribution is 1.61. The molecule has 90 valence electrons. The Kier molecular flexibility index (Phi) is 2.18. The molecule has 3 aromatic carbocycles. The van der Waals surface area contributed by atoms with Crippen LogP contribution in [-0.2, 0) is 0 Å². The second-order valence-electron chi connectivity index (χ2n) is 4.77. The zero-order valence-electron chi connectivity index (χ0n) is 10.4. The Morgan fingerprint density at radius 3 is 2.58 bits per heavy atom. The van der Waals surface area contributed by atoms with Gasteiger partial charge in [0.05, 0.1) is 0 Å². The fraction of sp³-hybridized carbons (Fsp3) is 0. The molecule has 0 aliphatic carbocycles. The first-order valence-corrected chi connectivity index (χ1v) is 6.48. The van der Waals surface area contributed by atoms with Crippen molar-refractivity contribution < 1.29 is 0 Å². The maximum atomic E-state index is 3.32. The van der Waals surface area contributed by atoms with E-state index >= 15 is 0 Å². The standard InChI is InChI=1S/C18H13N/c1-2-6-14-13(5-1)8-9-16-15(14)10-11-18-17(16)7-3-4-12-19-18/h1-12,19H. The van der Waals surface area contributed by atoms with Crippen LogP contribution in [0.15, 0.2) is 66.9 Å². The number of anilines is 1. The number of rotatable bonds is 0. The molecule has 19 heavy (non-hydrogen) atoms. The van der Waals surface area contributed by atoms with Crippen LogP contribution in [-0.4, -0.2) is 0 Å². The Morgan fingerprint density at radius 1 is 0.684 bits per heavy atom. The van der Waals surface area contributed by atoms with E-state index in [9.17, 15) is 0 Å². The van der Waals surface area contributed by atoms with Crippen molar-refractivity contribution in [2.75, 3.05) is 5.32 Å². The first-order chi connectivity index (χ1) is 9.43. The second-order valence-corrected chi connectivity index (χ2v) is 4.77. The van der Waals surface area contributed by atoms with Crippen LogP contribution in [0.25, 0.3) is 27.6 Å². The van der Waals surface area contributed by atoms with E-state index in [0.29, 0.717) is 0 Å². The number of hydrogen-bond donors (Lipinski definition) is 1. The lowest BCUT2D eigenvalue weighted by Gasteiger charge is -2.11. The van der Waals surface area contributed by atoms with Gasteiger partial charge in [-0.05, 0) is 33.7 Å². The number of benzene rings is 3. The molecule has 4 rings (SSSR count). The van der Waals surface area contributed by atoms with E-state index in [1.54, 1.807) is 0 Å². The molecule has 0 unspecified atom stereocenters. The summed E-state index contributed by atoms with van der Waals surface area (Å²) in [6, 6.07) is 17.3. The number of hydrogen-bond acceptors (Lipinski definition) is 1. The summed E-state index contributed by atoms with van der Waals surface area (Å²) in [6.07, 6.45) is 8.23. The molecule has 0 amide bonds. The average Bonchev–Trinajstić information content (AvgIpc) is 2.72. The summed E-state index contributed by atoms with van der Waals surface area (Å²) in [5, 5.41) is 8.53. The summed E-state index contributed by atoms with van der Waals surface area (Å²) in [5.74, 6) is 0. The molecule has 1 heteroatoms. The van der Waals surface area contributed by atoms with Gasteiger partial charge in [0.25, 0.3) is 0 Å². The largest absolute Gasteiger partial charge is 0.361 e. The molecule has 0 spiro atoms. The summed E-state index contributed by atoms with van der Waals surface area (Å²) in [6.45, 7) is 0. The smallest absolute Gasteiger partial charge is 0.0459 e. The van der Waals surface area contributed by atoms with Gasteiger partial charge in [-0.25, -0.2) is 0 Å². The summed E-state index contributed by atoms with van der Waals surface area (Å²) in [5.41, 5.74) is 2.42. The molecule has 0 bridgehead atoms. The van der Waals surface area contributed by atoms with Gasteiger partial charge in [0.15, 0.2) is 0 Å².